The lowest BCUT2D eigenvalue weighted by atomic mass is 10.2. The van der Waals surface area contributed by atoms with E-state index in [0.717, 1.165) is 12.2 Å². The van der Waals surface area contributed by atoms with E-state index in [1.807, 2.05) is 25.6 Å². The van der Waals surface area contributed by atoms with Crippen molar-refractivity contribution in [1.82, 2.24) is 10.6 Å². The van der Waals surface area contributed by atoms with E-state index in [4.69, 9.17) is 0 Å². The highest BCUT2D eigenvalue weighted by atomic mass is 32.2. The summed E-state index contributed by atoms with van der Waals surface area (Å²) in [5.41, 5.74) is 0. The highest BCUT2D eigenvalue weighted by Gasteiger charge is 2.13. The number of hydrogen-bond donors (Lipinski definition) is 2. The number of hydrogen-bond acceptors (Lipinski definition) is 3. The van der Waals surface area contributed by atoms with Crippen LogP contribution in [-0.4, -0.2) is 36.0 Å². The zero-order valence-corrected chi connectivity index (χ0v) is 11.1. The SMILES string of the molecule is CCNC(=O)C(C)NC(C)CCSCC. The third-order valence-corrected chi connectivity index (χ3v) is 3.11. The van der Waals surface area contributed by atoms with Crippen LogP contribution < -0.4 is 10.6 Å². The molecule has 0 aliphatic heterocycles. The highest BCUT2D eigenvalue weighted by Crippen LogP contribution is 2.04. The Morgan fingerprint density at radius 2 is 2.00 bits per heavy atom. The van der Waals surface area contributed by atoms with Gasteiger partial charge in [-0.3, -0.25) is 4.79 Å². The molecule has 0 aromatic heterocycles. The first-order valence-corrected chi connectivity index (χ1v) is 6.88. The zero-order chi connectivity index (χ0) is 11.7. The van der Waals surface area contributed by atoms with E-state index in [-0.39, 0.29) is 11.9 Å². The van der Waals surface area contributed by atoms with Crippen molar-refractivity contribution in [3.63, 3.8) is 0 Å². The number of rotatable bonds is 8. The van der Waals surface area contributed by atoms with Crippen molar-refractivity contribution in [3.8, 4) is 0 Å². The quantitative estimate of drug-likeness (QED) is 0.625. The van der Waals surface area contributed by atoms with E-state index in [9.17, 15) is 4.79 Å². The van der Waals surface area contributed by atoms with E-state index >= 15 is 0 Å². The Morgan fingerprint density at radius 3 is 2.53 bits per heavy atom. The fraction of sp³-hybridized carbons (Fsp3) is 0.909. The van der Waals surface area contributed by atoms with Crippen LogP contribution in [0.5, 0.6) is 0 Å². The predicted molar refractivity (Wildman–Crippen MR) is 68.4 cm³/mol. The van der Waals surface area contributed by atoms with Gasteiger partial charge in [0.1, 0.15) is 0 Å². The molecule has 4 heteroatoms. The first kappa shape index (κ1) is 14.8. The van der Waals surface area contributed by atoms with E-state index in [2.05, 4.69) is 24.5 Å². The second-order valence-corrected chi connectivity index (χ2v) is 5.06. The molecular weight excluding hydrogens is 208 g/mol. The lowest BCUT2D eigenvalue weighted by molar-refractivity contribution is -0.122. The molecule has 2 atom stereocenters. The smallest absolute Gasteiger partial charge is 0.236 e. The number of thioether (sulfide) groups is 1. The molecule has 0 heterocycles. The minimum absolute atomic E-state index is 0.0903. The van der Waals surface area contributed by atoms with Crippen LogP contribution in [0.3, 0.4) is 0 Å². The van der Waals surface area contributed by atoms with Crippen LogP contribution in [0.2, 0.25) is 0 Å². The molecule has 0 aliphatic rings. The Labute approximate surface area is 97.8 Å². The maximum absolute atomic E-state index is 11.4. The lowest BCUT2D eigenvalue weighted by Gasteiger charge is -2.19. The maximum Gasteiger partial charge on any atom is 0.236 e. The van der Waals surface area contributed by atoms with Crippen molar-refractivity contribution in [2.75, 3.05) is 18.1 Å². The van der Waals surface area contributed by atoms with Gasteiger partial charge in [-0.2, -0.15) is 11.8 Å². The van der Waals surface area contributed by atoms with Crippen molar-refractivity contribution < 1.29 is 4.79 Å². The summed E-state index contributed by atoms with van der Waals surface area (Å²) >= 11 is 1.94. The van der Waals surface area contributed by atoms with E-state index in [1.54, 1.807) is 0 Å². The lowest BCUT2D eigenvalue weighted by Crippen LogP contribution is -2.45. The Morgan fingerprint density at radius 1 is 1.33 bits per heavy atom. The number of carbonyl (C=O) groups excluding carboxylic acids is 1. The molecule has 3 nitrogen and oxygen atoms in total. The molecule has 90 valence electrons. The van der Waals surface area contributed by atoms with Gasteiger partial charge in [-0.25, -0.2) is 0 Å². The summed E-state index contributed by atoms with van der Waals surface area (Å²) in [6.45, 7) is 8.84. The minimum Gasteiger partial charge on any atom is -0.355 e. The Bertz CT molecular complexity index is 176. The normalized spacial score (nSPS) is 14.7. The van der Waals surface area contributed by atoms with Gasteiger partial charge >= 0.3 is 0 Å². The summed E-state index contributed by atoms with van der Waals surface area (Å²) in [6.07, 6.45) is 1.11. The topological polar surface area (TPSA) is 41.1 Å². The molecular formula is C11H24N2OS. The van der Waals surface area contributed by atoms with E-state index in [0.29, 0.717) is 12.6 Å². The summed E-state index contributed by atoms with van der Waals surface area (Å²) in [5.74, 6) is 2.42. The van der Waals surface area contributed by atoms with Gasteiger partial charge in [-0.05, 0) is 38.7 Å². The summed E-state index contributed by atoms with van der Waals surface area (Å²) in [6, 6.07) is 0.313. The second-order valence-electron chi connectivity index (χ2n) is 3.67. The molecule has 2 unspecified atom stereocenters. The fourth-order valence-corrected chi connectivity index (χ4v) is 2.13. The van der Waals surface area contributed by atoms with Crippen LogP contribution in [-0.2, 0) is 4.79 Å². The van der Waals surface area contributed by atoms with Crippen molar-refractivity contribution in [2.45, 2.75) is 46.2 Å². The minimum atomic E-state index is -0.0911. The maximum atomic E-state index is 11.4. The largest absolute Gasteiger partial charge is 0.355 e. The van der Waals surface area contributed by atoms with Crippen LogP contribution in [0.1, 0.15) is 34.1 Å². The monoisotopic (exact) mass is 232 g/mol. The van der Waals surface area contributed by atoms with Crippen LogP contribution in [0, 0.1) is 0 Å². The van der Waals surface area contributed by atoms with Gasteiger partial charge in [0.15, 0.2) is 0 Å². The van der Waals surface area contributed by atoms with Gasteiger partial charge in [-0.15, -0.1) is 0 Å². The van der Waals surface area contributed by atoms with Gasteiger partial charge in [0.25, 0.3) is 0 Å². The second kappa shape index (κ2) is 9.04. The predicted octanol–water partition coefficient (Wildman–Crippen LogP) is 1.63. The third kappa shape index (κ3) is 7.68. The van der Waals surface area contributed by atoms with Crippen LogP contribution in [0.15, 0.2) is 0 Å². The van der Waals surface area contributed by atoms with Gasteiger partial charge in [-0.1, -0.05) is 6.92 Å². The first-order chi connectivity index (χ1) is 7.11. The van der Waals surface area contributed by atoms with Crippen molar-refractivity contribution >= 4 is 17.7 Å². The Kier molecular flexibility index (Phi) is 8.91. The molecule has 0 saturated heterocycles. The van der Waals surface area contributed by atoms with Crippen molar-refractivity contribution in [1.29, 1.82) is 0 Å². The molecule has 1 amide bonds. The van der Waals surface area contributed by atoms with Gasteiger partial charge in [0, 0.05) is 12.6 Å². The average Bonchev–Trinajstić information content (AvgIpc) is 2.18. The summed E-state index contributed by atoms with van der Waals surface area (Å²) in [5, 5.41) is 6.11. The molecule has 0 rings (SSSR count). The fourth-order valence-electron chi connectivity index (χ4n) is 1.32. The number of amides is 1. The van der Waals surface area contributed by atoms with Crippen LogP contribution in [0.4, 0.5) is 0 Å². The molecule has 0 spiro atoms. The summed E-state index contributed by atoms with van der Waals surface area (Å²) in [4.78, 5) is 11.4. The number of likely N-dealkylation sites (N-methyl/N-ethyl adjacent to an activating group) is 1. The zero-order valence-electron chi connectivity index (χ0n) is 10.3. The molecule has 0 radical (unpaired) electrons. The van der Waals surface area contributed by atoms with Crippen LogP contribution in [0.25, 0.3) is 0 Å². The third-order valence-electron chi connectivity index (χ3n) is 2.18. The number of nitrogens with one attached hydrogen (secondary N) is 2. The molecule has 2 N–H and O–H groups in total. The van der Waals surface area contributed by atoms with Crippen LogP contribution >= 0.6 is 11.8 Å². The molecule has 0 saturated carbocycles. The average molecular weight is 232 g/mol. The molecule has 15 heavy (non-hydrogen) atoms. The van der Waals surface area contributed by atoms with Gasteiger partial charge < -0.3 is 10.6 Å². The summed E-state index contributed by atoms with van der Waals surface area (Å²) in [7, 11) is 0. The molecule has 0 bridgehead atoms. The van der Waals surface area contributed by atoms with Gasteiger partial charge in [0.2, 0.25) is 5.91 Å². The molecule has 0 aromatic carbocycles. The Balaban J connectivity index is 3.65. The van der Waals surface area contributed by atoms with E-state index in [1.165, 1.54) is 5.75 Å². The highest BCUT2D eigenvalue weighted by molar-refractivity contribution is 7.99. The van der Waals surface area contributed by atoms with E-state index < -0.39 is 0 Å². The Hall–Kier alpha value is -0.220. The van der Waals surface area contributed by atoms with Crippen molar-refractivity contribution in [2.24, 2.45) is 0 Å². The molecule has 0 aliphatic carbocycles. The molecule has 0 aromatic rings. The summed E-state index contributed by atoms with van der Waals surface area (Å²) < 4.78 is 0. The number of carbonyl (C=O) groups is 1. The molecule has 0 fully saturated rings. The van der Waals surface area contributed by atoms with Crippen molar-refractivity contribution in [3.05, 3.63) is 0 Å². The standard InChI is InChI=1S/C11H24N2OS/c1-5-12-11(14)10(4)13-9(3)7-8-15-6-2/h9-10,13H,5-8H2,1-4H3,(H,12,14). The first-order valence-electron chi connectivity index (χ1n) is 5.73. The van der Waals surface area contributed by atoms with Gasteiger partial charge in [0.05, 0.1) is 6.04 Å².